The molecule has 0 aliphatic carbocycles. The van der Waals surface area contributed by atoms with Gasteiger partial charge in [0.25, 0.3) is 5.56 Å². The van der Waals surface area contributed by atoms with Crippen LogP contribution in [0.25, 0.3) is 27.8 Å². The third kappa shape index (κ3) is 3.00. The highest BCUT2D eigenvalue weighted by Gasteiger charge is 2.34. The van der Waals surface area contributed by atoms with E-state index in [4.69, 9.17) is 4.74 Å². The van der Waals surface area contributed by atoms with Crippen LogP contribution in [0.15, 0.2) is 82.4 Å². The van der Waals surface area contributed by atoms with Crippen molar-refractivity contribution in [3.63, 3.8) is 0 Å². The summed E-state index contributed by atoms with van der Waals surface area (Å²) >= 11 is 0. The summed E-state index contributed by atoms with van der Waals surface area (Å²) in [5, 5.41) is 14.3. The van der Waals surface area contributed by atoms with Gasteiger partial charge in [0, 0.05) is 14.1 Å². The molecule has 2 N–H and O–H groups in total. The summed E-state index contributed by atoms with van der Waals surface area (Å²) in [6, 6.07) is 22.0. The Balaban J connectivity index is 1.84. The van der Waals surface area contributed by atoms with Crippen molar-refractivity contribution >= 4 is 16.6 Å². The maximum Gasteiger partial charge on any atom is 0.331 e. The van der Waals surface area contributed by atoms with Crippen molar-refractivity contribution < 1.29 is 9.84 Å². The monoisotopic (exact) mass is 480 g/mol. The molecule has 1 aliphatic rings. The third-order valence-electron chi connectivity index (χ3n) is 6.89. The quantitative estimate of drug-likeness (QED) is 0.409. The predicted molar refractivity (Wildman–Crippen MR) is 139 cm³/mol. The molecule has 0 bridgehead atoms. The highest BCUT2D eigenvalue weighted by Crippen LogP contribution is 2.45. The highest BCUT2D eigenvalue weighted by atomic mass is 16.5. The van der Waals surface area contributed by atoms with Gasteiger partial charge in [-0.3, -0.25) is 13.9 Å². The van der Waals surface area contributed by atoms with Crippen LogP contribution in [0.4, 0.5) is 5.69 Å². The van der Waals surface area contributed by atoms with E-state index in [1.54, 1.807) is 32.4 Å². The van der Waals surface area contributed by atoms with E-state index in [9.17, 15) is 14.7 Å². The number of nitrogens with one attached hydrogen (secondary N) is 1. The molecule has 8 heteroatoms. The summed E-state index contributed by atoms with van der Waals surface area (Å²) in [5.41, 5.74) is 4.56. The SMILES string of the molecule is COc1ccc(-c2c3c(=O)n(C)c(=O)n(C)c3c3n2-c2ccccc2NC3c2cccc(O)c2)cc1. The molecule has 8 nitrogen and oxygen atoms in total. The van der Waals surface area contributed by atoms with Gasteiger partial charge in [0.2, 0.25) is 0 Å². The predicted octanol–water partition coefficient (Wildman–Crippen LogP) is 3.92. The number of phenols is 1. The Morgan fingerprint density at radius 3 is 2.39 bits per heavy atom. The lowest BCUT2D eigenvalue weighted by Crippen LogP contribution is -2.37. The number of para-hydroxylation sites is 2. The lowest BCUT2D eigenvalue weighted by molar-refractivity contribution is 0.415. The molecule has 1 atom stereocenters. The zero-order chi connectivity index (χ0) is 25.1. The molecule has 0 amide bonds. The third-order valence-corrected chi connectivity index (χ3v) is 6.89. The number of rotatable bonds is 3. The average Bonchev–Trinajstić information content (AvgIpc) is 3.27. The lowest BCUT2D eigenvalue weighted by atomic mass is 9.99. The molecule has 1 aliphatic heterocycles. The first-order valence-corrected chi connectivity index (χ1v) is 11.5. The van der Waals surface area contributed by atoms with Gasteiger partial charge in [0.05, 0.1) is 46.8 Å². The van der Waals surface area contributed by atoms with E-state index in [-0.39, 0.29) is 11.3 Å². The van der Waals surface area contributed by atoms with Crippen LogP contribution in [-0.2, 0) is 14.1 Å². The van der Waals surface area contributed by atoms with E-state index in [0.29, 0.717) is 22.3 Å². The molecule has 1 unspecified atom stereocenters. The zero-order valence-corrected chi connectivity index (χ0v) is 20.0. The molecule has 0 saturated heterocycles. The van der Waals surface area contributed by atoms with Crippen LogP contribution in [-0.4, -0.2) is 25.9 Å². The number of aromatic nitrogens is 3. The number of methoxy groups -OCH3 is 1. The van der Waals surface area contributed by atoms with Crippen molar-refractivity contribution in [2.75, 3.05) is 12.4 Å². The van der Waals surface area contributed by atoms with Crippen molar-refractivity contribution in [1.29, 1.82) is 0 Å². The zero-order valence-electron chi connectivity index (χ0n) is 20.0. The molecule has 0 radical (unpaired) electrons. The first-order chi connectivity index (χ1) is 17.4. The van der Waals surface area contributed by atoms with Crippen LogP contribution >= 0.6 is 0 Å². The first kappa shape index (κ1) is 21.8. The van der Waals surface area contributed by atoms with Crippen LogP contribution in [0.2, 0.25) is 0 Å². The van der Waals surface area contributed by atoms with E-state index in [2.05, 4.69) is 9.88 Å². The topological polar surface area (TPSA) is 90.4 Å². The molecular weight excluding hydrogens is 456 g/mol. The summed E-state index contributed by atoms with van der Waals surface area (Å²) < 4.78 is 10.1. The number of benzene rings is 3. The lowest BCUT2D eigenvalue weighted by Gasteiger charge is -2.31. The molecule has 0 saturated carbocycles. The van der Waals surface area contributed by atoms with Crippen molar-refractivity contribution in [2.45, 2.75) is 6.04 Å². The normalized spacial score (nSPS) is 14.2. The fourth-order valence-electron chi connectivity index (χ4n) is 5.19. The van der Waals surface area contributed by atoms with Gasteiger partial charge in [-0.2, -0.15) is 0 Å². The van der Waals surface area contributed by atoms with Crippen molar-refractivity contribution in [1.82, 2.24) is 13.7 Å². The summed E-state index contributed by atoms with van der Waals surface area (Å²) in [6.45, 7) is 0. The van der Waals surface area contributed by atoms with Crippen LogP contribution in [0.3, 0.4) is 0 Å². The first-order valence-electron chi connectivity index (χ1n) is 11.5. The van der Waals surface area contributed by atoms with E-state index in [0.717, 1.165) is 32.8 Å². The second-order valence-corrected chi connectivity index (χ2v) is 8.92. The number of hydrogen-bond acceptors (Lipinski definition) is 5. The van der Waals surface area contributed by atoms with Crippen molar-refractivity contribution in [2.24, 2.45) is 14.1 Å². The largest absolute Gasteiger partial charge is 0.508 e. The molecule has 3 aromatic carbocycles. The molecule has 5 aromatic rings. The highest BCUT2D eigenvalue weighted by molar-refractivity contribution is 5.99. The number of anilines is 1. The number of hydrogen-bond donors (Lipinski definition) is 2. The van der Waals surface area contributed by atoms with Crippen molar-refractivity contribution in [3.05, 3.63) is 105 Å². The molecule has 36 heavy (non-hydrogen) atoms. The Morgan fingerprint density at radius 1 is 0.917 bits per heavy atom. The number of nitrogens with zero attached hydrogens (tertiary/aromatic N) is 3. The van der Waals surface area contributed by atoms with Gasteiger partial charge in [0.15, 0.2) is 0 Å². The molecular formula is C28H24N4O4. The average molecular weight is 481 g/mol. The minimum atomic E-state index is -0.431. The Kier molecular flexibility index (Phi) is 4.79. The molecule has 180 valence electrons. The summed E-state index contributed by atoms with van der Waals surface area (Å²) in [5.74, 6) is 0.837. The Bertz CT molecular complexity index is 1780. The van der Waals surface area contributed by atoms with E-state index >= 15 is 0 Å². The Labute approximate surface area is 206 Å². The van der Waals surface area contributed by atoms with Crippen molar-refractivity contribution in [3.8, 4) is 28.4 Å². The maximum atomic E-state index is 13.7. The summed E-state index contributed by atoms with van der Waals surface area (Å²) in [6.07, 6.45) is 0. The van der Waals surface area contributed by atoms with Gasteiger partial charge >= 0.3 is 5.69 Å². The van der Waals surface area contributed by atoms with E-state index in [1.807, 2.05) is 54.6 Å². The minimum Gasteiger partial charge on any atom is -0.508 e. The number of aryl methyl sites for hydroxylation is 1. The Morgan fingerprint density at radius 2 is 1.67 bits per heavy atom. The smallest absolute Gasteiger partial charge is 0.331 e. The van der Waals surface area contributed by atoms with E-state index in [1.165, 1.54) is 11.6 Å². The fraction of sp³-hybridized carbons (Fsp3) is 0.143. The van der Waals surface area contributed by atoms with Gasteiger partial charge in [-0.1, -0.05) is 24.3 Å². The van der Waals surface area contributed by atoms with E-state index < -0.39 is 11.7 Å². The standard InChI is InChI=1S/C28H24N4O4/c1-30-25-22(27(34)31(2)28(30)35)24(16-11-13-19(36-3)14-12-16)32-21-10-5-4-9-20(21)29-23(26(25)32)17-7-6-8-18(33)15-17/h4-15,23,29,33H,1-3H3. The molecule has 0 spiro atoms. The number of phenolic OH excluding ortho intramolecular Hbond substituents is 1. The molecule has 3 heterocycles. The van der Waals surface area contributed by atoms with Gasteiger partial charge in [-0.25, -0.2) is 4.79 Å². The van der Waals surface area contributed by atoms with Crippen LogP contribution in [0, 0.1) is 0 Å². The fourth-order valence-corrected chi connectivity index (χ4v) is 5.19. The second-order valence-electron chi connectivity index (χ2n) is 8.92. The number of ether oxygens (including phenoxy) is 1. The number of fused-ring (bicyclic) bond motifs is 5. The molecule has 6 rings (SSSR count). The second kappa shape index (κ2) is 7.91. The van der Waals surface area contributed by atoms with Gasteiger partial charge in [0.1, 0.15) is 11.5 Å². The Hall–Kier alpha value is -4.72. The minimum absolute atomic E-state index is 0.135. The maximum absolute atomic E-state index is 13.7. The molecule has 2 aromatic heterocycles. The number of aromatic hydroxyl groups is 1. The summed E-state index contributed by atoms with van der Waals surface area (Å²) in [7, 11) is 4.79. The molecule has 0 fully saturated rings. The van der Waals surface area contributed by atoms with Crippen LogP contribution in [0.5, 0.6) is 11.5 Å². The summed E-state index contributed by atoms with van der Waals surface area (Å²) in [4.78, 5) is 26.8. The van der Waals surface area contributed by atoms with Gasteiger partial charge < -0.3 is 19.7 Å². The van der Waals surface area contributed by atoms with Crippen LogP contribution in [0.1, 0.15) is 17.3 Å². The van der Waals surface area contributed by atoms with Gasteiger partial charge in [-0.15, -0.1) is 0 Å². The van der Waals surface area contributed by atoms with Crippen LogP contribution < -0.4 is 21.3 Å². The van der Waals surface area contributed by atoms with Gasteiger partial charge in [-0.05, 0) is 59.7 Å².